The minimum absolute atomic E-state index is 0.0126. The lowest BCUT2D eigenvalue weighted by Crippen LogP contribution is -2.16. The maximum absolute atomic E-state index is 12.7. The Bertz CT molecular complexity index is 707. The Kier molecular flexibility index (Phi) is 4.31. The number of rotatable bonds is 3. The highest BCUT2D eigenvalue weighted by molar-refractivity contribution is 5.80. The van der Waals surface area contributed by atoms with Gasteiger partial charge in [0.15, 0.2) is 6.29 Å². The summed E-state index contributed by atoms with van der Waals surface area (Å²) < 4.78 is 77.8. The molecule has 0 radical (unpaired) electrons. The van der Waals surface area contributed by atoms with Crippen molar-refractivity contribution in [3.05, 3.63) is 47.7 Å². The van der Waals surface area contributed by atoms with Crippen molar-refractivity contribution in [1.82, 2.24) is 4.98 Å². The summed E-state index contributed by atoms with van der Waals surface area (Å²) in [5.41, 5.74) is -1.55. The van der Waals surface area contributed by atoms with Crippen LogP contribution in [0.2, 0.25) is 0 Å². The number of carbonyl (C=O) groups is 1. The minimum Gasteiger partial charge on any atom is -0.406 e. The van der Waals surface area contributed by atoms with Crippen LogP contribution in [0.5, 0.6) is 5.75 Å². The van der Waals surface area contributed by atoms with E-state index in [1.54, 1.807) is 0 Å². The Morgan fingerprint density at radius 3 is 2.09 bits per heavy atom. The Balaban J connectivity index is 2.34. The summed E-state index contributed by atoms with van der Waals surface area (Å²) in [5.74, 6) is -0.483. The van der Waals surface area contributed by atoms with Crippen LogP contribution in [0.15, 0.2) is 36.5 Å². The third-order valence-corrected chi connectivity index (χ3v) is 2.75. The van der Waals surface area contributed by atoms with E-state index in [1.165, 1.54) is 12.1 Å². The summed E-state index contributed by atoms with van der Waals surface area (Å²) >= 11 is 0. The van der Waals surface area contributed by atoms with E-state index in [9.17, 15) is 31.1 Å². The number of aldehydes is 1. The molecule has 3 nitrogen and oxygen atoms in total. The van der Waals surface area contributed by atoms with Gasteiger partial charge in [-0.15, -0.1) is 13.2 Å². The van der Waals surface area contributed by atoms with E-state index in [0.717, 1.165) is 18.2 Å². The Morgan fingerprint density at radius 2 is 1.61 bits per heavy atom. The number of halogens is 6. The van der Waals surface area contributed by atoms with Crippen LogP contribution in [0.25, 0.3) is 11.3 Å². The molecule has 0 N–H and O–H groups in total. The molecule has 2 rings (SSSR count). The SMILES string of the molecule is O=Cc1cc(-c2ccc(OC(F)(F)F)cc2)ncc1C(F)(F)F. The third kappa shape index (κ3) is 4.21. The van der Waals surface area contributed by atoms with E-state index < -0.39 is 29.4 Å². The summed E-state index contributed by atoms with van der Waals surface area (Å²) in [7, 11) is 0. The van der Waals surface area contributed by atoms with Crippen molar-refractivity contribution in [2.45, 2.75) is 12.5 Å². The number of ether oxygens (including phenoxy) is 1. The molecule has 0 fully saturated rings. The molecule has 0 saturated carbocycles. The first kappa shape index (κ1) is 16.8. The fourth-order valence-corrected chi connectivity index (χ4v) is 1.79. The van der Waals surface area contributed by atoms with E-state index >= 15 is 0 Å². The Hall–Kier alpha value is -2.58. The van der Waals surface area contributed by atoms with Gasteiger partial charge < -0.3 is 4.74 Å². The molecule has 0 bridgehead atoms. The van der Waals surface area contributed by atoms with Gasteiger partial charge >= 0.3 is 12.5 Å². The van der Waals surface area contributed by atoms with Crippen molar-refractivity contribution in [2.75, 3.05) is 0 Å². The van der Waals surface area contributed by atoms with Gasteiger partial charge in [-0.3, -0.25) is 9.78 Å². The van der Waals surface area contributed by atoms with Crippen LogP contribution in [0.1, 0.15) is 15.9 Å². The highest BCUT2D eigenvalue weighted by Gasteiger charge is 2.34. The van der Waals surface area contributed by atoms with Crippen molar-refractivity contribution in [3.8, 4) is 17.0 Å². The van der Waals surface area contributed by atoms with Crippen molar-refractivity contribution >= 4 is 6.29 Å². The summed E-state index contributed by atoms with van der Waals surface area (Å²) in [6, 6.07) is 5.26. The van der Waals surface area contributed by atoms with Crippen molar-refractivity contribution in [3.63, 3.8) is 0 Å². The van der Waals surface area contributed by atoms with E-state index in [1.807, 2.05) is 0 Å². The standard InChI is InChI=1S/C14H7F6NO2/c15-13(16,17)11-6-21-12(5-9(11)7-22)8-1-3-10(4-2-8)23-14(18,19)20/h1-7H. The van der Waals surface area contributed by atoms with Gasteiger partial charge in [0.1, 0.15) is 5.75 Å². The molecule has 1 heterocycles. The van der Waals surface area contributed by atoms with Gasteiger partial charge in [0, 0.05) is 17.3 Å². The molecule has 122 valence electrons. The second-order valence-corrected chi connectivity index (χ2v) is 4.34. The second kappa shape index (κ2) is 5.90. The lowest BCUT2D eigenvalue weighted by Gasteiger charge is -2.11. The average molecular weight is 335 g/mol. The van der Waals surface area contributed by atoms with Crippen LogP contribution < -0.4 is 4.74 Å². The first-order valence-corrected chi connectivity index (χ1v) is 5.99. The molecule has 1 aromatic carbocycles. The smallest absolute Gasteiger partial charge is 0.406 e. The van der Waals surface area contributed by atoms with Crippen LogP contribution in [-0.2, 0) is 6.18 Å². The van der Waals surface area contributed by atoms with E-state index in [0.29, 0.717) is 6.20 Å². The van der Waals surface area contributed by atoms with Gasteiger partial charge in [-0.2, -0.15) is 13.2 Å². The van der Waals surface area contributed by atoms with Crippen LogP contribution in [0, 0.1) is 0 Å². The number of hydrogen-bond donors (Lipinski definition) is 0. The molecule has 0 saturated heterocycles. The van der Waals surface area contributed by atoms with Crippen LogP contribution in [-0.4, -0.2) is 17.6 Å². The van der Waals surface area contributed by atoms with Gasteiger partial charge in [-0.1, -0.05) is 0 Å². The lowest BCUT2D eigenvalue weighted by molar-refractivity contribution is -0.274. The van der Waals surface area contributed by atoms with Gasteiger partial charge in [0.05, 0.1) is 11.3 Å². The number of carbonyl (C=O) groups excluding carboxylic acids is 1. The largest absolute Gasteiger partial charge is 0.573 e. The maximum Gasteiger partial charge on any atom is 0.573 e. The summed E-state index contributed by atoms with van der Waals surface area (Å²) in [5, 5.41) is 0. The van der Waals surface area contributed by atoms with E-state index in [4.69, 9.17) is 0 Å². The highest BCUT2D eigenvalue weighted by Crippen LogP contribution is 2.33. The Morgan fingerprint density at radius 1 is 1.00 bits per heavy atom. The zero-order valence-corrected chi connectivity index (χ0v) is 11.1. The molecule has 0 unspecified atom stereocenters. The number of alkyl halides is 6. The molecule has 0 atom stereocenters. The topological polar surface area (TPSA) is 39.2 Å². The minimum atomic E-state index is -4.85. The van der Waals surface area contributed by atoms with Gasteiger partial charge in [-0.25, -0.2) is 0 Å². The highest BCUT2D eigenvalue weighted by atomic mass is 19.4. The fourth-order valence-electron chi connectivity index (χ4n) is 1.79. The molecule has 23 heavy (non-hydrogen) atoms. The summed E-state index contributed by atoms with van der Waals surface area (Å²) in [6.07, 6.45) is -9.04. The fraction of sp³-hybridized carbons (Fsp3) is 0.143. The molecule has 1 aromatic heterocycles. The molecular weight excluding hydrogens is 328 g/mol. The average Bonchev–Trinajstić information content (AvgIpc) is 2.44. The number of aromatic nitrogens is 1. The van der Waals surface area contributed by atoms with Crippen molar-refractivity contribution < 1.29 is 35.9 Å². The van der Waals surface area contributed by atoms with E-state index in [-0.39, 0.29) is 17.5 Å². The zero-order valence-electron chi connectivity index (χ0n) is 11.1. The molecule has 0 amide bonds. The predicted molar refractivity (Wildman–Crippen MR) is 66.7 cm³/mol. The Labute approximate surface area is 125 Å². The summed E-state index contributed by atoms with van der Waals surface area (Å²) in [4.78, 5) is 14.4. The lowest BCUT2D eigenvalue weighted by atomic mass is 10.1. The first-order chi connectivity index (χ1) is 10.6. The molecule has 0 aliphatic rings. The number of benzene rings is 1. The molecule has 2 aromatic rings. The number of hydrogen-bond acceptors (Lipinski definition) is 3. The second-order valence-electron chi connectivity index (χ2n) is 4.34. The van der Waals surface area contributed by atoms with Crippen molar-refractivity contribution in [1.29, 1.82) is 0 Å². The maximum atomic E-state index is 12.7. The zero-order chi connectivity index (χ0) is 17.3. The molecule has 0 aliphatic carbocycles. The van der Waals surface area contributed by atoms with Gasteiger partial charge in [0.25, 0.3) is 0 Å². The monoisotopic (exact) mass is 335 g/mol. The summed E-state index contributed by atoms with van der Waals surface area (Å²) in [6.45, 7) is 0. The van der Waals surface area contributed by atoms with Gasteiger partial charge in [0.2, 0.25) is 0 Å². The number of nitrogens with zero attached hydrogens (tertiary/aromatic N) is 1. The van der Waals surface area contributed by atoms with Crippen LogP contribution in [0.3, 0.4) is 0 Å². The molecule has 0 aliphatic heterocycles. The van der Waals surface area contributed by atoms with Crippen molar-refractivity contribution in [2.24, 2.45) is 0 Å². The molecular formula is C14H7F6NO2. The first-order valence-electron chi connectivity index (χ1n) is 5.99. The molecule has 9 heteroatoms. The van der Waals surface area contributed by atoms with E-state index in [2.05, 4.69) is 9.72 Å². The quantitative estimate of drug-likeness (QED) is 0.613. The third-order valence-electron chi connectivity index (χ3n) is 2.75. The number of pyridine rings is 1. The van der Waals surface area contributed by atoms with Gasteiger partial charge in [-0.05, 0) is 30.3 Å². The van der Waals surface area contributed by atoms with Crippen LogP contribution in [0.4, 0.5) is 26.3 Å². The predicted octanol–water partition coefficient (Wildman–Crippen LogP) is 4.48. The normalized spacial score (nSPS) is 12.1. The van der Waals surface area contributed by atoms with Crippen LogP contribution >= 0.6 is 0 Å². The molecule has 0 spiro atoms.